The van der Waals surface area contributed by atoms with Crippen LogP contribution in [0.5, 0.6) is 0 Å². The van der Waals surface area contributed by atoms with Gasteiger partial charge in [-0.1, -0.05) is 51.7 Å². The van der Waals surface area contributed by atoms with Gasteiger partial charge in [0.05, 0.1) is 17.5 Å². The van der Waals surface area contributed by atoms with Gasteiger partial charge in [-0.05, 0) is 12.1 Å². The molecular weight excluding hydrogens is 350 g/mol. The van der Waals surface area contributed by atoms with Crippen molar-refractivity contribution >= 4 is 23.7 Å². The third-order valence-electron chi connectivity index (χ3n) is 3.55. The Kier molecular flexibility index (Phi) is 9.28. The number of hydrogen-bond donors (Lipinski definition) is 3. The summed E-state index contributed by atoms with van der Waals surface area (Å²) < 4.78 is 1.28. The Labute approximate surface area is 157 Å². The Morgan fingerprint density at radius 3 is 2.15 bits per heavy atom. The predicted molar refractivity (Wildman–Crippen MR) is 101 cm³/mol. The monoisotopic (exact) mass is 375 g/mol. The summed E-state index contributed by atoms with van der Waals surface area (Å²) >= 11 is 0. The van der Waals surface area contributed by atoms with Crippen LogP contribution in [0.3, 0.4) is 0 Å². The number of aliphatic carboxylic acids is 1. The highest BCUT2D eigenvalue weighted by atomic mass is 16.4. The van der Waals surface area contributed by atoms with Crippen molar-refractivity contribution in [3.05, 3.63) is 47.9 Å². The minimum atomic E-state index is -1.21. The molecule has 1 amide bonds. The Hall–Kier alpha value is -3.16. The van der Waals surface area contributed by atoms with Gasteiger partial charge in [-0.2, -0.15) is 0 Å². The van der Waals surface area contributed by atoms with Crippen molar-refractivity contribution in [3.63, 3.8) is 0 Å². The predicted octanol–water partition coefficient (Wildman–Crippen LogP) is 3.50. The lowest BCUT2D eigenvalue weighted by Crippen LogP contribution is -2.16. The van der Waals surface area contributed by atoms with Crippen molar-refractivity contribution in [1.29, 1.82) is 0 Å². The molecule has 0 atom stereocenters. The lowest BCUT2D eigenvalue weighted by atomic mass is 10.1. The van der Waals surface area contributed by atoms with E-state index in [1.807, 2.05) is 0 Å². The minimum absolute atomic E-state index is 0.00205. The number of benzene rings is 1. The van der Waals surface area contributed by atoms with Crippen molar-refractivity contribution in [2.24, 2.45) is 0 Å². The molecule has 0 fully saturated rings. The molecule has 1 heterocycles. The normalized spacial score (nSPS) is 9.85. The van der Waals surface area contributed by atoms with Gasteiger partial charge in [-0.25, -0.2) is 9.78 Å². The van der Waals surface area contributed by atoms with E-state index < -0.39 is 17.8 Å². The van der Waals surface area contributed by atoms with E-state index in [2.05, 4.69) is 24.1 Å². The zero-order chi connectivity index (χ0) is 20.2. The third kappa shape index (κ3) is 7.72. The second kappa shape index (κ2) is 11.5. The van der Waals surface area contributed by atoms with E-state index in [0.717, 1.165) is 0 Å². The maximum Gasteiger partial charge on any atom is 0.336 e. The highest BCUT2D eigenvalue weighted by Gasteiger charge is 2.16. The molecule has 2 rings (SSSR count). The first kappa shape index (κ1) is 21.9. The fourth-order valence-electron chi connectivity index (χ4n) is 2.22. The average Bonchev–Trinajstić information content (AvgIpc) is 3.06. The number of hydrogen-bond acceptors (Lipinski definition) is 4. The van der Waals surface area contributed by atoms with Crippen LogP contribution in [-0.2, 0) is 11.3 Å². The largest absolute Gasteiger partial charge is 0.480 e. The van der Waals surface area contributed by atoms with Crippen LogP contribution < -0.4 is 5.32 Å². The number of rotatable bonds is 8. The molecule has 0 aliphatic rings. The first-order chi connectivity index (χ1) is 12.9. The first-order valence-corrected chi connectivity index (χ1v) is 8.76. The smallest absolute Gasteiger partial charge is 0.336 e. The van der Waals surface area contributed by atoms with E-state index in [-0.39, 0.29) is 23.5 Å². The van der Waals surface area contributed by atoms with Gasteiger partial charge in [0.15, 0.2) is 5.82 Å². The maximum atomic E-state index is 12.0. The molecule has 27 heavy (non-hydrogen) atoms. The standard InChI is InChI=1S/C13H11N3O5.C6H14/c17-11(18)6-16-5-10(14-7-16)15-12(19)8-3-1-2-4-9(8)13(20)21;1-3-5-6-4-2/h1-5,7H,6H2,(H,15,19)(H,17,18)(H,20,21);3-6H2,1-2H3. The number of carboxylic acid groups (broad SMARTS) is 2. The molecule has 0 saturated heterocycles. The van der Waals surface area contributed by atoms with Gasteiger partial charge in [0, 0.05) is 6.20 Å². The number of amides is 1. The van der Waals surface area contributed by atoms with Crippen molar-refractivity contribution in [2.75, 3.05) is 5.32 Å². The van der Waals surface area contributed by atoms with E-state index in [1.165, 1.54) is 61.0 Å². The average molecular weight is 375 g/mol. The molecule has 0 bridgehead atoms. The summed E-state index contributed by atoms with van der Waals surface area (Å²) in [6.45, 7) is 4.18. The molecule has 0 aliphatic heterocycles. The Bertz CT molecular complexity index is 766. The van der Waals surface area contributed by atoms with Crippen LogP contribution in [0.1, 0.15) is 60.2 Å². The van der Waals surface area contributed by atoms with Crippen LogP contribution in [0.25, 0.3) is 0 Å². The molecule has 0 spiro atoms. The number of carboxylic acids is 2. The second-order valence-corrected chi connectivity index (χ2v) is 5.84. The van der Waals surface area contributed by atoms with Crippen LogP contribution in [0, 0.1) is 0 Å². The Balaban J connectivity index is 0.000000527. The molecule has 3 N–H and O–H groups in total. The van der Waals surface area contributed by atoms with E-state index in [1.54, 1.807) is 6.07 Å². The molecule has 8 nitrogen and oxygen atoms in total. The molecule has 1 aromatic heterocycles. The second-order valence-electron chi connectivity index (χ2n) is 5.84. The molecule has 2 aromatic rings. The van der Waals surface area contributed by atoms with Crippen LogP contribution in [-0.4, -0.2) is 37.6 Å². The van der Waals surface area contributed by atoms with Gasteiger partial charge in [0.1, 0.15) is 6.54 Å². The topological polar surface area (TPSA) is 122 Å². The van der Waals surface area contributed by atoms with Crippen LogP contribution >= 0.6 is 0 Å². The summed E-state index contributed by atoms with van der Waals surface area (Å²) in [4.78, 5) is 37.4. The zero-order valence-corrected chi connectivity index (χ0v) is 15.5. The highest BCUT2D eigenvalue weighted by molar-refractivity contribution is 6.10. The van der Waals surface area contributed by atoms with Gasteiger partial charge in [0.25, 0.3) is 5.91 Å². The number of nitrogens with one attached hydrogen (secondary N) is 1. The van der Waals surface area contributed by atoms with E-state index in [9.17, 15) is 14.4 Å². The van der Waals surface area contributed by atoms with Crippen LogP contribution in [0.4, 0.5) is 5.82 Å². The highest BCUT2D eigenvalue weighted by Crippen LogP contribution is 2.12. The molecule has 146 valence electrons. The quantitative estimate of drug-likeness (QED) is 0.607. The van der Waals surface area contributed by atoms with E-state index in [0.29, 0.717) is 0 Å². The van der Waals surface area contributed by atoms with Gasteiger partial charge in [0.2, 0.25) is 0 Å². The maximum absolute atomic E-state index is 12.0. The SMILES string of the molecule is CCCCCC.O=C(O)Cn1cnc(NC(=O)c2ccccc2C(=O)O)c1. The molecular formula is C19H25N3O5. The summed E-state index contributed by atoms with van der Waals surface area (Å²) in [5, 5.41) is 20.1. The fraction of sp³-hybridized carbons (Fsp3) is 0.368. The molecule has 8 heteroatoms. The van der Waals surface area contributed by atoms with Gasteiger partial charge >= 0.3 is 11.9 Å². The number of anilines is 1. The van der Waals surface area contributed by atoms with Gasteiger partial charge in [-0.15, -0.1) is 0 Å². The number of carbonyl (C=O) groups is 3. The van der Waals surface area contributed by atoms with Gasteiger partial charge < -0.3 is 20.1 Å². The molecule has 0 unspecified atom stereocenters. The van der Waals surface area contributed by atoms with Crippen molar-refractivity contribution in [1.82, 2.24) is 9.55 Å². The molecule has 0 radical (unpaired) electrons. The van der Waals surface area contributed by atoms with Crippen molar-refractivity contribution in [2.45, 2.75) is 46.1 Å². The lowest BCUT2D eigenvalue weighted by Gasteiger charge is -2.05. The number of nitrogens with zero attached hydrogens (tertiary/aromatic N) is 2. The zero-order valence-electron chi connectivity index (χ0n) is 15.5. The van der Waals surface area contributed by atoms with E-state index >= 15 is 0 Å². The number of imidazole rings is 1. The summed E-state index contributed by atoms with van der Waals surface area (Å²) in [5.41, 5.74) is -0.127. The summed E-state index contributed by atoms with van der Waals surface area (Å²) in [6.07, 6.45) is 8.14. The first-order valence-electron chi connectivity index (χ1n) is 8.76. The van der Waals surface area contributed by atoms with Gasteiger partial charge in [-0.3, -0.25) is 9.59 Å². The van der Waals surface area contributed by atoms with Crippen LogP contribution in [0.2, 0.25) is 0 Å². The lowest BCUT2D eigenvalue weighted by molar-refractivity contribution is -0.137. The molecule has 1 aromatic carbocycles. The number of aromatic carboxylic acids is 1. The fourth-order valence-corrected chi connectivity index (χ4v) is 2.22. The summed E-state index contributed by atoms with van der Waals surface area (Å²) in [5.74, 6) is -2.74. The van der Waals surface area contributed by atoms with Crippen molar-refractivity contribution < 1.29 is 24.6 Å². The third-order valence-corrected chi connectivity index (χ3v) is 3.55. The Morgan fingerprint density at radius 1 is 1.04 bits per heavy atom. The Morgan fingerprint density at radius 2 is 1.63 bits per heavy atom. The molecule has 0 aliphatic carbocycles. The molecule has 0 saturated carbocycles. The minimum Gasteiger partial charge on any atom is -0.480 e. The summed E-state index contributed by atoms with van der Waals surface area (Å²) in [6, 6.07) is 5.76. The van der Waals surface area contributed by atoms with Crippen molar-refractivity contribution in [3.8, 4) is 0 Å². The van der Waals surface area contributed by atoms with Crippen LogP contribution in [0.15, 0.2) is 36.8 Å². The number of aromatic nitrogens is 2. The number of carbonyl (C=O) groups excluding carboxylic acids is 1. The van der Waals surface area contributed by atoms with E-state index in [4.69, 9.17) is 10.2 Å². The summed E-state index contributed by atoms with van der Waals surface area (Å²) in [7, 11) is 0. The number of unbranched alkanes of at least 4 members (excludes halogenated alkanes) is 3.